The predicted molar refractivity (Wildman–Crippen MR) is 105 cm³/mol. The molecule has 3 rings (SSSR count). The van der Waals surface area contributed by atoms with Crippen LogP contribution in [0.25, 0.3) is 0 Å². The number of carbonyl (C=O) groups excluding carboxylic acids is 3. The molecule has 2 fully saturated rings. The number of carbonyl (C=O) groups is 4. The van der Waals surface area contributed by atoms with Gasteiger partial charge in [0.1, 0.15) is 17.4 Å². The zero-order chi connectivity index (χ0) is 21.9. The first-order valence-corrected chi connectivity index (χ1v) is 9.96. The van der Waals surface area contributed by atoms with Gasteiger partial charge in [0.05, 0.1) is 12.3 Å². The quantitative estimate of drug-likeness (QED) is 0.675. The monoisotopic (exact) mass is 418 g/mol. The summed E-state index contributed by atoms with van der Waals surface area (Å²) in [6, 6.07) is 5.33. The third kappa shape index (κ3) is 5.08. The van der Waals surface area contributed by atoms with Gasteiger partial charge in [-0.15, -0.1) is 0 Å². The van der Waals surface area contributed by atoms with Gasteiger partial charge >= 0.3 is 18.0 Å². The second-order valence-electron chi connectivity index (χ2n) is 8.14. The molecule has 0 saturated carbocycles. The van der Waals surface area contributed by atoms with Gasteiger partial charge < -0.3 is 24.8 Å². The average molecular weight is 418 g/mol. The first-order valence-electron chi connectivity index (χ1n) is 9.96. The Bertz CT molecular complexity index is 828. The molecule has 2 heterocycles. The van der Waals surface area contributed by atoms with Crippen molar-refractivity contribution in [3.63, 3.8) is 0 Å². The first-order chi connectivity index (χ1) is 14.2. The number of nitrogens with one attached hydrogen (secondary N) is 1. The highest BCUT2D eigenvalue weighted by Gasteiger charge is 2.46. The van der Waals surface area contributed by atoms with E-state index in [1.165, 1.54) is 0 Å². The van der Waals surface area contributed by atoms with E-state index >= 15 is 0 Å². The van der Waals surface area contributed by atoms with Crippen LogP contribution in [0.4, 0.5) is 4.79 Å². The number of cyclic esters (lactones) is 1. The molecule has 2 atom stereocenters. The number of carboxylic acid groups (broad SMARTS) is 1. The van der Waals surface area contributed by atoms with Gasteiger partial charge in [0.2, 0.25) is 5.91 Å². The zero-order valence-electron chi connectivity index (χ0n) is 17.1. The van der Waals surface area contributed by atoms with Crippen molar-refractivity contribution in [1.82, 2.24) is 10.2 Å². The number of hydrogen-bond acceptors (Lipinski definition) is 6. The summed E-state index contributed by atoms with van der Waals surface area (Å²) >= 11 is 0. The molecule has 2 amide bonds. The Kier molecular flexibility index (Phi) is 6.28. The van der Waals surface area contributed by atoms with E-state index in [4.69, 9.17) is 9.47 Å². The molecule has 2 unspecified atom stereocenters. The fraction of sp³-hybridized carbons (Fsp3) is 0.524. The molecule has 9 nitrogen and oxygen atoms in total. The van der Waals surface area contributed by atoms with Crippen LogP contribution in [-0.2, 0) is 25.5 Å². The molecule has 1 aromatic rings. The number of hydrogen-bond donors (Lipinski definition) is 2. The Morgan fingerprint density at radius 1 is 1.23 bits per heavy atom. The van der Waals surface area contributed by atoms with Gasteiger partial charge in [-0.3, -0.25) is 9.59 Å². The van der Waals surface area contributed by atoms with Crippen LogP contribution in [0.1, 0.15) is 38.7 Å². The van der Waals surface area contributed by atoms with Gasteiger partial charge in [-0.1, -0.05) is 12.1 Å². The van der Waals surface area contributed by atoms with Gasteiger partial charge in [-0.25, -0.2) is 9.59 Å². The molecule has 0 aliphatic carbocycles. The summed E-state index contributed by atoms with van der Waals surface area (Å²) < 4.78 is 10.5. The van der Waals surface area contributed by atoms with Crippen molar-refractivity contribution in [3.8, 4) is 5.75 Å². The van der Waals surface area contributed by atoms with E-state index in [0.717, 1.165) is 12.8 Å². The Balaban J connectivity index is 1.59. The minimum absolute atomic E-state index is 0.0450. The summed E-state index contributed by atoms with van der Waals surface area (Å²) in [4.78, 5) is 49.4. The van der Waals surface area contributed by atoms with Crippen molar-refractivity contribution in [2.24, 2.45) is 5.92 Å². The highest BCUT2D eigenvalue weighted by atomic mass is 16.6. The molecule has 30 heavy (non-hydrogen) atoms. The van der Waals surface area contributed by atoms with E-state index in [1.54, 1.807) is 43.0 Å². The Hall–Kier alpha value is -3.10. The number of carboxylic acids is 1. The normalized spacial score (nSPS) is 21.1. The van der Waals surface area contributed by atoms with E-state index in [9.17, 15) is 24.3 Å². The minimum Gasteiger partial charge on any atom is -0.480 e. The predicted octanol–water partition coefficient (Wildman–Crippen LogP) is 1.73. The maximum absolute atomic E-state index is 12.5. The lowest BCUT2D eigenvalue weighted by Gasteiger charge is -2.25. The fourth-order valence-corrected chi connectivity index (χ4v) is 3.69. The molecule has 2 aliphatic rings. The van der Waals surface area contributed by atoms with Gasteiger partial charge in [0.25, 0.3) is 0 Å². The van der Waals surface area contributed by atoms with Gasteiger partial charge in [-0.05, 0) is 44.4 Å². The van der Waals surface area contributed by atoms with Crippen LogP contribution in [0.5, 0.6) is 5.75 Å². The van der Waals surface area contributed by atoms with Crippen molar-refractivity contribution >= 4 is 23.9 Å². The molecular formula is C21H26N2O7. The average Bonchev–Trinajstić information content (AvgIpc) is 3.29. The number of ether oxygens (including phenoxy) is 2. The lowest BCUT2D eigenvalue weighted by atomic mass is 9.89. The third-order valence-electron chi connectivity index (χ3n) is 5.45. The van der Waals surface area contributed by atoms with Crippen LogP contribution in [-0.4, -0.2) is 58.7 Å². The second kappa shape index (κ2) is 8.73. The molecule has 162 valence electrons. The number of amides is 2. The van der Waals surface area contributed by atoms with Gasteiger partial charge in [0, 0.05) is 19.5 Å². The molecule has 2 aliphatic heterocycles. The Labute approximate surface area is 174 Å². The molecule has 0 spiro atoms. The summed E-state index contributed by atoms with van der Waals surface area (Å²) in [6.45, 7) is 4.62. The number of likely N-dealkylation sites (tertiary alicyclic amines) is 1. The fourth-order valence-electron chi connectivity index (χ4n) is 3.69. The summed E-state index contributed by atoms with van der Waals surface area (Å²) in [6.07, 6.45) is 1.50. The summed E-state index contributed by atoms with van der Waals surface area (Å²) in [5, 5.41) is 12.0. The van der Waals surface area contributed by atoms with Crippen LogP contribution in [0.2, 0.25) is 0 Å². The SMILES string of the molecule is CC1(C)OC(=O)CC1C(=O)NC(Cc1ccc(OC(=O)N2CCCC2)cc1)C(=O)O. The van der Waals surface area contributed by atoms with Crippen LogP contribution < -0.4 is 10.1 Å². The standard InChI is InChI=1S/C21H26N2O7/c1-21(2)15(12-17(24)30-21)18(25)22-16(19(26)27)11-13-5-7-14(8-6-13)29-20(28)23-9-3-4-10-23/h5-8,15-16H,3-4,9-12H2,1-2H3,(H,22,25)(H,26,27). The van der Waals surface area contributed by atoms with E-state index in [1.807, 2.05) is 0 Å². The van der Waals surface area contributed by atoms with Crippen molar-refractivity contribution in [2.45, 2.75) is 51.2 Å². The maximum Gasteiger partial charge on any atom is 0.415 e. The van der Waals surface area contributed by atoms with E-state index in [-0.39, 0.29) is 12.8 Å². The Morgan fingerprint density at radius 3 is 2.40 bits per heavy atom. The first kappa shape index (κ1) is 21.6. The molecule has 0 aromatic heterocycles. The number of esters is 1. The summed E-state index contributed by atoms with van der Waals surface area (Å²) in [5.74, 6) is -2.58. The molecule has 1 aromatic carbocycles. The van der Waals surface area contributed by atoms with Crippen LogP contribution in [0.15, 0.2) is 24.3 Å². The second-order valence-corrected chi connectivity index (χ2v) is 8.14. The summed E-state index contributed by atoms with van der Waals surface area (Å²) in [7, 11) is 0. The van der Waals surface area contributed by atoms with Crippen LogP contribution in [0.3, 0.4) is 0 Å². The maximum atomic E-state index is 12.5. The molecule has 0 radical (unpaired) electrons. The van der Waals surface area contributed by atoms with Crippen molar-refractivity contribution in [3.05, 3.63) is 29.8 Å². The smallest absolute Gasteiger partial charge is 0.415 e. The minimum atomic E-state index is -1.18. The number of nitrogens with zero attached hydrogens (tertiary/aromatic N) is 1. The van der Waals surface area contributed by atoms with E-state index in [0.29, 0.717) is 24.4 Å². The van der Waals surface area contributed by atoms with Gasteiger partial charge in [-0.2, -0.15) is 0 Å². The van der Waals surface area contributed by atoms with Crippen molar-refractivity contribution in [2.75, 3.05) is 13.1 Å². The molecule has 9 heteroatoms. The summed E-state index contributed by atoms with van der Waals surface area (Å²) in [5.41, 5.74) is -0.327. The number of aliphatic carboxylic acids is 1. The van der Waals surface area contributed by atoms with Crippen molar-refractivity contribution in [1.29, 1.82) is 0 Å². The van der Waals surface area contributed by atoms with E-state index < -0.39 is 41.5 Å². The molecule has 2 saturated heterocycles. The zero-order valence-corrected chi connectivity index (χ0v) is 17.1. The molecule has 0 bridgehead atoms. The van der Waals surface area contributed by atoms with Crippen molar-refractivity contribution < 1.29 is 33.8 Å². The van der Waals surface area contributed by atoms with Crippen LogP contribution >= 0.6 is 0 Å². The largest absolute Gasteiger partial charge is 0.480 e. The highest BCUT2D eigenvalue weighted by molar-refractivity contribution is 5.90. The Morgan fingerprint density at radius 2 is 1.87 bits per heavy atom. The number of benzene rings is 1. The van der Waals surface area contributed by atoms with Gasteiger partial charge in [0.15, 0.2) is 0 Å². The topological polar surface area (TPSA) is 122 Å². The van der Waals surface area contributed by atoms with E-state index in [2.05, 4.69) is 5.32 Å². The molecular weight excluding hydrogens is 392 g/mol. The highest BCUT2D eigenvalue weighted by Crippen LogP contribution is 2.32. The third-order valence-corrected chi connectivity index (χ3v) is 5.45. The van der Waals surface area contributed by atoms with Crippen LogP contribution in [0, 0.1) is 5.92 Å². The molecule has 2 N–H and O–H groups in total. The number of rotatable bonds is 6. The lowest BCUT2D eigenvalue weighted by Crippen LogP contribution is -2.48. The lowest BCUT2D eigenvalue weighted by molar-refractivity contribution is -0.148.